The molecule has 1 saturated heterocycles. The van der Waals surface area contributed by atoms with E-state index in [1.54, 1.807) is 18.6 Å². The van der Waals surface area contributed by atoms with Gasteiger partial charge in [-0.15, -0.1) is 0 Å². The number of piperazine rings is 1. The number of halogens is 1. The van der Waals surface area contributed by atoms with Gasteiger partial charge < -0.3 is 9.80 Å². The zero-order valence-corrected chi connectivity index (χ0v) is 13.2. The molecule has 21 heavy (non-hydrogen) atoms. The van der Waals surface area contributed by atoms with Gasteiger partial charge in [0, 0.05) is 44.3 Å². The molecule has 1 aliphatic rings. The molecule has 0 atom stereocenters. The second kappa shape index (κ2) is 5.80. The summed E-state index contributed by atoms with van der Waals surface area (Å²) < 4.78 is 0.857. The molecule has 1 N–H and O–H groups in total. The maximum absolute atomic E-state index is 12.4. The molecule has 2 aromatic heterocycles. The van der Waals surface area contributed by atoms with Gasteiger partial charge in [0.15, 0.2) is 0 Å². The highest BCUT2D eigenvalue weighted by Gasteiger charge is 2.24. The van der Waals surface area contributed by atoms with Crippen molar-refractivity contribution in [1.82, 2.24) is 25.1 Å². The molecule has 1 aliphatic heterocycles. The van der Waals surface area contributed by atoms with Crippen LogP contribution < -0.4 is 4.90 Å². The van der Waals surface area contributed by atoms with Gasteiger partial charge in [-0.2, -0.15) is 5.10 Å². The SMILES string of the molecule is Cc1[nH]ncc1C(=O)N1CCN(c2ncc(Br)cn2)CC1. The summed E-state index contributed by atoms with van der Waals surface area (Å²) in [4.78, 5) is 24.9. The average molecular weight is 351 g/mol. The third kappa shape index (κ3) is 2.90. The van der Waals surface area contributed by atoms with Crippen LogP contribution in [-0.4, -0.2) is 57.2 Å². The third-order valence-corrected chi connectivity index (χ3v) is 3.93. The minimum Gasteiger partial charge on any atom is -0.337 e. The van der Waals surface area contributed by atoms with Crippen LogP contribution in [0.2, 0.25) is 0 Å². The molecule has 7 nitrogen and oxygen atoms in total. The minimum absolute atomic E-state index is 0.0256. The van der Waals surface area contributed by atoms with E-state index in [4.69, 9.17) is 0 Å². The second-order valence-electron chi connectivity index (χ2n) is 4.89. The van der Waals surface area contributed by atoms with Gasteiger partial charge in [0.2, 0.25) is 5.95 Å². The van der Waals surface area contributed by atoms with Crippen molar-refractivity contribution in [3.8, 4) is 0 Å². The molecule has 0 radical (unpaired) electrons. The van der Waals surface area contributed by atoms with Crippen molar-refractivity contribution < 1.29 is 4.79 Å². The number of hydrogen-bond acceptors (Lipinski definition) is 5. The first-order chi connectivity index (χ1) is 10.1. The summed E-state index contributed by atoms with van der Waals surface area (Å²) in [5.41, 5.74) is 1.45. The molecule has 110 valence electrons. The number of aromatic nitrogens is 4. The number of carbonyl (C=O) groups is 1. The Hall–Kier alpha value is -1.96. The Balaban J connectivity index is 1.64. The quantitative estimate of drug-likeness (QED) is 0.881. The van der Waals surface area contributed by atoms with E-state index in [0.29, 0.717) is 24.6 Å². The minimum atomic E-state index is 0.0256. The predicted molar refractivity (Wildman–Crippen MR) is 81.2 cm³/mol. The van der Waals surface area contributed by atoms with Gasteiger partial charge in [-0.05, 0) is 22.9 Å². The summed E-state index contributed by atoms with van der Waals surface area (Å²) in [5, 5.41) is 6.70. The summed E-state index contributed by atoms with van der Waals surface area (Å²) in [6, 6.07) is 0. The highest BCUT2D eigenvalue weighted by molar-refractivity contribution is 9.10. The zero-order valence-electron chi connectivity index (χ0n) is 11.6. The van der Waals surface area contributed by atoms with Gasteiger partial charge in [-0.1, -0.05) is 0 Å². The summed E-state index contributed by atoms with van der Waals surface area (Å²) >= 11 is 3.32. The fourth-order valence-electron chi connectivity index (χ4n) is 2.31. The molecular formula is C13H15BrN6O. The number of H-pyrrole nitrogens is 1. The molecule has 0 aliphatic carbocycles. The van der Waals surface area contributed by atoms with Crippen LogP contribution in [0.15, 0.2) is 23.1 Å². The lowest BCUT2D eigenvalue weighted by Crippen LogP contribution is -2.49. The van der Waals surface area contributed by atoms with Gasteiger partial charge in [0.1, 0.15) is 0 Å². The number of amides is 1. The smallest absolute Gasteiger partial charge is 0.257 e. The van der Waals surface area contributed by atoms with Crippen molar-refractivity contribution in [2.24, 2.45) is 0 Å². The van der Waals surface area contributed by atoms with Gasteiger partial charge in [0.05, 0.1) is 16.2 Å². The number of carbonyl (C=O) groups excluding carboxylic acids is 1. The van der Waals surface area contributed by atoms with Crippen molar-refractivity contribution >= 4 is 27.8 Å². The van der Waals surface area contributed by atoms with E-state index < -0.39 is 0 Å². The first-order valence-corrected chi connectivity index (χ1v) is 7.46. The monoisotopic (exact) mass is 350 g/mol. The lowest BCUT2D eigenvalue weighted by atomic mass is 10.2. The molecule has 8 heteroatoms. The van der Waals surface area contributed by atoms with Crippen LogP contribution in [-0.2, 0) is 0 Å². The number of rotatable bonds is 2. The largest absolute Gasteiger partial charge is 0.337 e. The van der Waals surface area contributed by atoms with Gasteiger partial charge in [-0.3, -0.25) is 9.89 Å². The van der Waals surface area contributed by atoms with Crippen molar-refractivity contribution in [3.63, 3.8) is 0 Å². The number of aryl methyl sites for hydroxylation is 1. The lowest BCUT2D eigenvalue weighted by Gasteiger charge is -2.34. The molecule has 0 unspecified atom stereocenters. The lowest BCUT2D eigenvalue weighted by molar-refractivity contribution is 0.0745. The Labute approximate surface area is 130 Å². The van der Waals surface area contributed by atoms with Crippen molar-refractivity contribution in [1.29, 1.82) is 0 Å². The maximum atomic E-state index is 12.4. The zero-order chi connectivity index (χ0) is 14.8. The van der Waals surface area contributed by atoms with E-state index in [1.807, 2.05) is 11.8 Å². The highest BCUT2D eigenvalue weighted by atomic mass is 79.9. The van der Waals surface area contributed by atoms with E-state index in [2.05, 4.69) is 41.0 Å². The van der Waals surface area contributed by atoms with Crippen molar-refractivity contribution in [3.05, 3.63) is 34.3 Å². The van der Waals surface area contributed by atoms with Gasteiger partial charge in [0.25, 0.3) is 5.91 Å². The van der Waals surface area contributed by atoms with E-state index in [1.165, 1.54) is 0 Å². The molecule has 1 fully saturated rings. The van der Waals surface area contributed by atoms with E-state index >= 15 is 0 Å². The number of nitrogens with zero attached hydrogens (tertiary/aromatic N) is 5. The van der Waals surface area contributed by atoms with E-state index in [0.717, 1.165) is 23.3 Å². The number of nitrogens with one attached hydrogen (secondary N) is 1. The summed E-state index contributed by atoms with van der Waals surface area (Å²) in [6.45, 7) is 4.62. The van der Waals surface area contributed by atoms with Crippen molar-refractivity contribution in [2.45, 2.75) is 6.92 Å². The van der Waals surface area contributed by atoms with Crippen LogP contribution >= 0.6 is 15.9 Å². The molecular weight excluding hydrogens is 336 g/mol. The number of anilines is 1. The molecule has 0 saturated carbocycles. The molecule has 3 rings (SSSR count). The normalized spacial score (nSPS) is 15.3. The fourth-order valence-corrected chi connectivity index (χ4v) is 2.52. The Morgan fingerprint density at radius 3 is 2.43 bits per heavy atom. The topological polar surface area (TPSA) is 78.0 Å². The maximum Gasteiger partial charge on any atom is 0.257 e. The average Bonchev–Trinajstić information content (AvgIpc) is 2.94. The van der Waals surface area contributed by atoms with Crippen LogP contribution in [0, 0.1) is 6.92 Å². The Bertz CT molecular complexity index is 632. The summed E-state index contributed by atoms with van der Waals surface area (Å²) in [5.74, 6) is 0.724. The molecule has 2 aromatic rings. The van der Waals surface area contributed by atoms with E-state index in [-0.39, 0.29) is 5.91 Å². The van der Waals surface area contributed by atoms with Crippen LogP contribution in [0.1, 0.15) is 16.1 Å². The van der Waals surface area contributed by atoms with E-state index in [9.17, 15) is 4.79 Å². The summed E-state index contributed by atoms with van der Waals surface area (Å²) in [6.07, 6.45) is 5.05. The third-order valence-electron chi connectivity index (χ3n) is 3.52. The molecule has 3 heterocycles. The molecule has 0 spiro atoms. The molecule has 1 amide bonds. The summed E-state index contributed by atoms with van der Waals surface area (Å²) in [7, 11) is 0. The van der Waals surface area contributed by atoms with Crippen LogP contribution in [0.25, 0.3) is 0 Å². The highest BCUT2D eigenvalue weighted by Crippen LogP contribution is 2.15. The standard InChI is InChI=1S/C13H15BrN6O/c1-9-11(8-17-18-9)12(21)19-2-4-20(5-3-19)13-15-6-10(14)7-16-13/h6-8H,2-5H2,1H3,(H,17,18). The number of aromatic amines is 1. The fraction of sp³-hybridized carbons (Fsp3) is 0.385. The first-order valence-electron chi connectivity index (χ1n) is 6.67. The van der Waals surface area contributed by atoms with Crippen LogP contribution in [0.5, 0.6) is 0 Å². The first kappa shape index (κ1) is 14.0. The molecule has 0 aromatic carbocycles. The van der Waals surface area contributed by atoms with Crippen molar-refractivity contribution in [2.75, 3.05) is 31.1 Å². The number of hydrogen-bond donors (Lipinski definition) is 1. The van der Waals surface area contributed by atoms with Gasteiger partial charge in [-0.25, -0.2) is 9.97 Å². The predicted octanol–water partition coefficient (Wildman–Crippen LogP) is 1.23. The Morgan fingerprint density at radius 2 is 1.86 bits per heavy atom. The Kier molecular flexibility index (Phi) is 3.87. The van der Waals surface area contributed by atoms with Crippen LogP contribution in [0.3, 0.4) is 0 Å². The molecule has 0 bridgehead atoms. The second-order valence-corrected chi connectivity index (χ2v) is 5.80. The van der Waals surface area contributed by atoms with Gasteiger partial charge >= 0.3 is 0 Å². The van der Waals surface area contributed by atoms with Crippen LogP contribution in [0.4, 0.5) is 5.95 Å². The Morgan fingerprint density at radius 1 is 1.19 bits per heavy atom.